The summed E-state index contributed by atoms with van der Waals surface area (Å²) in [5, 5.41) is 0. The maximum Gasteiger partial charge on any atom is 0.0295 e. The minimum atomic E-state index is 0.509. The molecule has 0 heterocycles. The lowest BCUT2D eigenvalue weighted by molar-refractivity contribution is 0.323. The van der Waals surface area contributed by atoms with E-state index < -0.39 is 0 Å². The van der Waals surface area contributed by atoms with Crippen LogP contribution in [-0.2, 0) is 6.42 Å². The molecule has 76 valence electrons. The molecule has 0 aliphatic rings. The molecule has 0 saturated heterocycles. The Morgan fingerprint density at radius 1 is 1.36 bits per heavy atom. The molecular weight excluding hydrogens is 170 g/mol. The third-order valence-corrected chi connectivity index (χ3v) is 2.64. The summed E-state index contributed by atoms with van der Waals surface area (Å²) in [5.41, 5.74) is 2.50. The molecule has 1 unspecified atom stereocenters. The Hall–Kier alpha value is -1.24. The lowest BCUT2D eigenvalue weighted by atomic mass is 10.1. The zero-order valence-corrected chi connectivity index (χ0v) is 9.33. The van der Waals surface area contributed by atoms with Crippen LogP contribution in [0.1, 0.15) is 19.4 Å². The van der Waals surface area contributed by atoms with Crippen molar-refractivity contribution in [3.63, 3.8) is 0 Å². The first-order valence-electron chi connectivity index (χ1n) is 5.03. The molecule has 0 amide bonds. The summed E-state index contributed by atoms with van der Waals surface area (Å²) in [7, 11) is 2.09. The topological polar surface area (TPSA) is 3.24 Å². The molecule has 1 atom stereocenters. The highest BCUT2D eigenvalue weighted by Crippen LogP contribution is 2.10. The quantitative estimate of drug-likeness (QED) is 0.703. The molecule has 0 fully saturated rings. The number of benzene rings is 1. The predicted molar refractivity (Wildman–Crippen MR) is 62.2 cm³/mol. The molecule has 1 heteroatoms. The van der Waals surface area contributed by atoms with Gasteiger partial charge in [-0.2, -0.15) is 0 Å². The molecule has 1 rings (SSSR count). The second-order valence-electron chi connectivity index (χ2n) is 3.88. The van der Waals surface area contributed by atoms with Crippen molar-refractivity contribution in [3.8, 4) is 0 Å². The van der Waals surface area contributed by atoms with Gasteiger partial charge in [0.25, 0.3) is 0 Å². The molecular formula is C13H19N. The van der Waals surface area contributed by atoms with Gasteiger partial charge in [-0.25, -0.2) is 0 Å². The number of allylic oxidation sites excluding steroid dienone is 1. The van der Waals surface area contributed by atoms with Crippen molar-refractivity contribution in [2.24, 2.45) is 0 Å². The van der Waals surface area contributed by atoms with Gasteiger partial charge in [0, 0.05) is 18.8 Å². The van der Waals surface area contributed by atoms with Crippen molar-refractivity contribution < 1.29 is 0 Å². The summed E-state index contributed by atoms with van der Waals surface area (Å²) in [6.45, 7) is 8.21. The second kappa shape index (κ2) is 4.85. The van der Waals surface area contributed by atoms with Gasteiger partial charge in [-0.1, -0.05) is 36.9 Å². The van der Waals surface area contributed by atoms with Gasteiger partial charge in [-0.3, -0.25) is 0 Å². The third-order valence-electron chi connectivity index (χ3n) is 2.64. The van der Waals surface area contributed by atoms with Gasteiger partial charge in [0.05, 0.1) is 0 Å². The lowest BCUT2D eigenvalue weighted by Gasteiger charge is -2.27. The number of hydrogen-bond donors (Lipinski definition) is 0. The molecule has 1 aromatic carbocycles. The monoisotopic (exact) mass is 189 g/mol. The summed E-state index contributed by atoms with van der Waals surface area (Å²) in [4.78, 5) is 2.22. The maximum absolute atomic E-state index is 3.94. The summed E-state index contributed by atoms with van der Waals surface area (Å²) in [5.74, 6) is 0. The Balaban J connectivity index is 2.57. The van der Waals surface area contributed by atoms with E-state index in [1.54, 1.807) is 0 Å². The minimum Gasteiger partial charge on any atom is -0.376 e. The van der Waals surface area contributed by atoms with E-state index in [-0.39, 0.29) is 0 Å². The fraction of sp³-hybridized carbons (Fsp3) is 0.385. The van der Waals surface area contributed by atoms with Gasteiger partial charge >= 0.3 is 0 Å². The highest BCUT2D eigenvalue weighted by molar-refractivity contribution is 5.16. The van der Waals surface area contributed by atoms with Crippen LogP contribution in [-0.4, -0.2) is 18.0 Å². The first-order chi connectivity index (χ1) is 6.61. The number of likely N-dealkylation sites (N-methyl/N-ethyl adjacent to an activating group) is 1. The Labute approximate surface area is 87.1 Å². The van der Waals surface area contributed by atoms with Gasteiger partial charge in [0.15, 0.2) is 0 Å². The van der Waals surface area contributed by atoms with Crippen LogP contribution < -0.4 is 0 Å². The van der Waals surface area contributed by atoms with Crippen LogP contribution in [0.15, 0.2) is 42.6 Å². The first kappa shape index (κ1) is 10.8. The van der Waals surface area contributed by atoms with Gasteiger partial charge in [-0.05, 0) is 25.8 Å². The Bertz CT molecular complexity index is 289. The van der Waals surface area contributed by atoms with Gasteiger partial charge in [0.1, 0.15) is 0 Å². The number of hydrogen-bond acceptors (Lipinski definition) is 1. The van der Waals surface area contributed by atoms with Crippen molar-refractivity contribution in [2.45, 2.75) is 26.3 Å². The van der Waals surface area contributed by atoms with Crippen molar-refractivity contribution in [1.82, 2.24) is 4.90 Å². The van der Waals surface area contributed by atoms with Crippen LogP contribution in [0.2, 0.25) is 0 Å². The highest BCUT2D eigenvalue weighted by atomic mass is 15.1. The van der Waals surface area contributed by atoms with Gasteiger partial charge in [0.2, 0.25) is 0 Å². The molecule has 0 bridgehead atoms. The molecule has 0 aliphatic heterocycles. The number of rotatable bonds is 4. The van der Waals surface area contributed by atoms with E-state index in [2.05, 4.69) is 55.8 Å². The van der Waals surface area contributed by atoms with Crippen LogP contribution in [0.4, 0.5) is 0 Å². The van der Waals surface area contributed by atoms with E-state index in [1.165, 1.54) is 5.56 Å². The predicted octanol–water partition coefficient (Wildman–Crippen LogP) is 3.08. The van der Waals surface area contributed by atoms with Crippen LogP contribution in [0.3, 0.4) is 0 Å². The van der Waals surface area contributed by atoms with E-state index in [1.807, 2.05) is 6.92 Å². The molecule has 1 aromatic rings. The molecule has 0 N–H and O–H groups in total. The van der Waals surface area contributed by atoms with E-state index in [0.717, 1.165) is 12.1 Å². The highest BCUT2D eigenvalue weighted by Gasteiger charge is 2.08. The van der Waals surface area contributed by atoms with Crippen LogP contribution in [0.25, 0.3) is 0 Å². The average molecular weight is 189 g/mol. The summed E-state index contributed by atoms with van der Waals surface area (Å²) in [6.07, 6.45) is 1.07. The Kier molecular flexibility index (Phi) is 3.75. The van der Waals surface area contributed by atoms with Gasteiger partial charge in [-0.15, -0.1) is 0 Å². The molecule has 0 spiro atoms. The zero-order chi connectivity index (χ0) is 10.6. The fourth-order valence-electron chi connectivity index (χ4n) is 1.47. The zero-order valence-electron chi connectivity index (χ0n) is 9.33. The number of nitrogens with zero attached hydrogens (tertiary/aromatic N) is 1. The average Bonchev–Trinajstić information content (AvgIpc) is 2.18. The van der Waals surface area contributed by atoms with Crippen LogP contribution in [0.5, 0.6) is 0 Å². The van der Waals surface area contributed by atoms with E-state index in [9.17, 15) is 0 Å². The van der Waals surface area contributed by atoms with E-state index >= 15 is 0 Å². The first-order valence-corrected chi connectivity index (χ1v) is 5.03. The largest absolute Gasteiger partial charge is 0.376 e. The normalized spacial score (nSPS) is 12.2. The second-order valence-corrected chi connectivity index (χ2v) is 3.88. The summed E-state index contributed by atoms with van der Waals surface area (Å²) < 4.78 is 0. The molecule has 0 radical (unpaired) electrons. The minimum absolute atomic E-state index is 0.509. The lowest BCUT2D eigenvalue weighted by Crippen LogP contribution is -2.28. The molecule has 0 aliphatic carbocycles. The molecule has 14 heavy (non-hydrogen) atoms. The molecule has 0 aromatic heterocycles. The van der Waals surface area contributed by atoms with Crippen molar-refractivity contribution in [2.75, 3.05) is 7.05 Å². The van der Waals surface area contributed by atoms with Crippen LogP contribution >= 0.6 is 0 Å². The standard InChI is InChI=1S/C13H19N/c1-11(2)14(4)12(3)10-13-8-6-5-7-9-13/h5-9,12H,1,10H2,2-4H3. The maximum atomic E-state index is 3.94. The SMILES string of the molecule is C=C(C)N(C)C(C)Cc1ccccc1. The third kappa shape index (κ3) is 2.91. The van der Waals surface area contributed by atoms with Crippen LogP contribution in [0, 0.1) is 0 Å². The van der Waals surface area contributed by atoms with Gasteiger partial charge < -0.3 is 4.90 Å². The summed E-state index contributed by atoms with van der Waals surface area (Å²) >= 11 is 0. The van der Waals surface area contributed by atoms with Crippen molar-refractivity contribution in [3.05, 3.63) is 48.2 Å². The Morgan fingerprint density at radius 3 is 2.43 bits per heavy atom. The smallest absolute Gasteiger partial charge is 0.0295 e. The Morgan fingerprint density at radius 2 is 1.93 bits per heavy atom. The van der Waals surface area contributed by atoms with Crippen molar-refractivity contribution in [1.29, 1.82) is 0 Å². The van der Waals surface area contributed by atoms with Crippen molar-refractivity contribution >= 4 is 0 Å². The fourth-order valence-corrected chi connectivity index (χ4v) is 1.47. The summed E-state index contributed by atoms with van der Waals surface area (Å²) in [6, 6.07) is 11.1. The molecule has 0 saturated carbocycles. The van der Waals surface area contributed by atoms with E-state index in [0.29, 0.717) is 6.04 Å². The van der Waals surface area contributed by atoms with E-state index in [4.69, 9.17) is 0 Å². The molecule has 1 nitrogen and oxygen atoms in total.